The summed E-state index contributed by atoms with van der Waals surface area (Å²) in [7, 11) is 0. The molecular weight excluding hydrogens is 506 g/mol. The summed E-state index contributed by atoms with van der Waals surface area (Å²) >= 11 is 0. The molecule has 0 radical (unpaired) electrons. The van der Waals surface area contributed by atoms with Gasteiger partial charge >= 0.3 is 0 Å². The third kappa shape index (κ3) is 5.81. The summed E-state index contributed by atoms with van der Waals surface area (Å²) in [5.74, 6) is 1.17. The monoisotopic (exact) mass is 540 g/mol. The number of fused-ring (bicyclic) bond motifs is 1. The number of alkyl halides is 2. The van der Waals surface area contributed by atoms with E-state index >= 15 is 0 Å². The van der Waals surface area contributed by atoms with Crippen molar-refractivity contribution in [1.82, 2.24) is 29.7 Å². The molecule has 10 nitrogen and oxygen atoms in total. The number of aromatic nitrogens is 4. The molecule has 2 aliphatic heterocycles. The third-order valence-electron chi connectivity index (χ3n) is 7.79. The van der Waals surface area contributed by atoms with E-state index in [1.54, 1.807) is 30.3 Å². The topological polar surface area (TPSA) is 100 Å². The zero-order valence-electron chi connectivity index (χ0n) is 21.9. The van der Waals surface area contributed by atoms with Gasteiger partial charge in [-0.1, -0.05) is 12.1 Å². The van der Waals surface area contributed by atoms with Crippen LogP contribution in [0, 0.1) is 0 Å². The molecular formula is C27H34F2N8O2. The second kappa shape index (κ2) is 11.4. The molecule has 4 heterocycles. The van der Waals surface area contributed by atoms with Crippen LogP contribution in [0.15, 0.2) is 30.3 Å². The zero-order valence-corrected chi connectivity index (χ0v) is 21.9. The van der Waals surface area contributed by atoms with Gasteiger partial charge in [-0.3, -0.25) is 14.3 Å². The van der Waals surface area contributed by atoms with E-state index in [1.165, 1.54) is 11.0 Å². The first-order valence-electron chi connectivity index (χ1n) is 13.8. The summed E-state index contributed by atoms with van der Waals surface area (Å²) in [5.41, 5.74) is 1.06. The minimum Gasteiger partial charge on any atom is -0.378 e. The Balaban J connectivity index is 1.22. The smallest absolute Gasteiger partial charge is 0.296 e. The SMILES string of the molecule is O=C(CN1CCC1)NC1CCC(Nc2nc(N3CCOCC3)cc(-n3c(C(F)F)nc4ccccc43)n2)CC1. The van der Waals surface area contributed by atoms with E-state index in [9.17, 15) is 13.6 Å². The lowest BCUT2D eigenvalue weighted by Crippen LogP contribution is -2.48. The first-order chi connectivity index (χ1) is 19.0. The van der Waals surface area contributed by atoms with Crippen molar-refractivity contribution in [2.45, 2.75) is 50.6 Å². The van der Waals surface area contributed by atoms with Crippen molar-refractivity contribution in [3.63, 3.8) is 0 Å². The summed E-state index contributed by atoms with van der Waals surface area (Å²) in [6.45, 7) is 4.95. The molecule has 0 unspecified atom stereocenters. The highest BCUT2D eigenvalue weighted by Crippen LogP contribution is 2.30. The maximum absolute atomic E-state index is 14.1. The third-order valence-corrected chi connectivity index (χ3v) is 7.79. The number of para-hydroxylation sites is 2. The number of halogens is 2. The van der Waals surface area contributed by atoms with Gasteiger partial charge in [-0.2, -0.15) is 9.97 Å². The van der Waals surface area contributed by atoms with Gasteiger partial charge in [0.1, 0.15) is 11.6 Å². The van der Waals surface area contributed by atoms with Gasteiger partial charge in [-0.05, 0) is 57.3 Å². The zero-order chi connectivity index (χ0) is 26.8. The minimum absolute atomic E-state index is 0.0969. The van der Waals surface area contributed by atoms with Gasteiger partial charge < -0.3 is 20.3 Å². The number of rotatable bonds is 8. The number of carbonyl (C=O) groups is 1. The Morgan fingerprint density at radius 1 is 0.974 bits per heavy atom. The van der Waals surface area contributed by atoms with E-state index in [-0.39, 0.29) is 23.8 Å². The number of benzene rings is 1. The minimum atomic E-state index is -2.76. The number of nitrogens with one attached hydrogen (secondary N) is 2. The number of hydrogen-bond donors (Lipinski definition) is 2. The molecule has 12 heteroatoms. The lowest BCUT2D eigenvalue weighted by Gasteiger charge is -2.33. The molecule has 2 aromatic heterocycles. The summed E-state index contributed by atoms with van der Waals surface area (Å²) < 4.78 is 35.1. The molecule has 1 aromatic carbocycles. The Kier molecular flexibility index (Phi) is 7.55. The average molecular weight is 541 g/mol. The molecule has 39 heavy (non-hydrogen) atoms. The summed E-state index contributed by atoms with van der Waals surface area (Å²) in [6, 6.07) is 9.12. The quantitative estimate of drug-likeness (QED) is 0.450. The van der Waals surface area contributed by atoms with Crippen LogP contribution >= 0.6 is 0 Å². The molecule has 0 atom stereocenters. The van der Waals surface area contributed by atoms with Crippen LogP contribution in [0.3, 0.4) is 0 Å². The maximum Gasteiger partial charge on any atom is 0.296 e. The van der Waals surface area contributed by atoms with Crippen molar-refractivity contribution in [1.29, 1.82) is 0 Å². The standard InChI is InChI=1S/C27H34F2N8O2/c28-25(29)26-32-20-4-1-2-5-21(20)37(26)23-16-22(36-12-14-39-15-13-36)33-27(34-23)31-19-8-6-18(7-9-19)30-24(38)17-35-10-3-11-35/h1-2,4-5,16,18-19,25H,3,6-15,17H2,(H,30,38)(H,31,33,34). The number of nitrogens with zero attached hydrogens (tertiary/aromatic N) is 6. The Hall–Kier alpha value is -3.38. The number of imidazole rings is 1. The number of ether oxygens (including phenoxy) is 1. The number of hydrogen-bond acceptors (Lipinski definition) is 8. The average Bonchev–Trinajstić information content (AvgIpc) is 3.32. The van der Waals surface area contributed by atoms with Gasteiger partial charge in [0.15, 0.2) is 5.82 Å². The highest BCUT2D eigenvalue weighted by atomic mass is 19.3. The van der Waals surface area contributed by atoms with Crippen molar-refractivity contribution < 1.29 is 18.3 Å². The fraction of sp³-hybridized carbons (Fsp3) is 0.556. The Labute approximate surface area is 225 Å². The van der Waals surface area contributed by atoms with E-state index in [2.05, 4.69) is 25.4 Å². The second-order valence-corrected chi connectivity index (χ2v) is 10.5. The van der Waals surface area contributed by atoms with Crippen LogP contribution in [0.1, 0.15) is 44.4 Å². The van der Waals surface area contributed by atoms with Gasteiger partial charge in [0.05, 0.1) is 30.8 Å². The van der Waals surface area contributed by atoms with E-state index < -0.39 is 6.43 Å². The maximum atomic E-state index is 14.1. The van der Waals surface area contributed by atoms with Gasteiger partial charge in [0, 0.05) is 31.2 Å². The summed E-state index contributed by atoms with van der Waals surface area (Å²) in [4.78, 5) is 30.3. The van der Waals surface area contributed by atoms with E-state index in [1.807, 2.05) is 0 Å². The lowest BCUT2D eigenvalue weighted by molar-refractivity contribution is -0.124. The van der Waals surface area contributed by atoms with Crippen molar-refractivity contribution in [2.75, 3.05) is 56.2 Å². The van der Waals surface area contributed by atoms with Gasteiger partial charge in [0.25, 0.3) is 6.43 Å². The molecule has 208 valence electrons. The van der Waals surface area contributed by atoms with E-state index in [0.717, 1.165) is 38.8 Å². The number of likely N-dealkylation sites (tertiary alicyclic amines) is 1. The Bertz CT molecular complexity index is 1300. The first-order valence-corrected chi connectivity index (χ1v) is 13.8. The predicted molar refractivity (Wildman–Crippen MR) is 144 cm³/mol. The van der Waals surface area contributed by atoms with E-state index in [4.69, 9.17) is 14.7 Å². The van der Waals surface area contributed by atoms with Gasteiger partial charge in [-0.15, -0.1) is 0 Å². The van der Waals surface area contributed by atoms with Crippen LogP contribution in [0.25, 0.3) is 16.9 Å². The number of anilines is 2. The van der Waals surface area contributed by atoms with Crippen LogP contribution in [0.4, 0.5) is 20.5 Å². The van der Waals surface area contributed by atoms with Crippen LogP contribution in [0.2, 0.25) is 0 Å². The molecule has 0 spiro atoms. The number of amides is 1. The van der Waals surface area contributed by atoms with Crippen molar-refractivity contribution in [3.05, 3.63) is 36.2 Å². The molecule has 3 aliphatic rings. The fourth-order valence-electron chi connectivity index (χ4n) is 5.57. The van der Waals surface area contributed by atoms with E-state index in [0.29, 0.717) is 61.5 Å². The molecule has 3 aromatic rings. The van der Waals surface area contributed by atoms with Crippen LogP contribution in [-0.4, -0.2) is 88.3 Å². The summed E-state index contributed by atoms with van der Waals surface area (Å²) in [6.07, 6.45) is 1.84. The first kappa shape index (κ1) is 25.9. The van der Waals surface area contributed by atoms with Crippen molar-refractivity contribution in [2.24, 2.45) is 0 Å². The van der Waals surface area contributed by atoms with Crippen molar-refractivity contribution in [3.8, 4) is 5.82 Å². The van der Waals surface area contributed by atoms with Crippen molar-refractivity contribution >= 4 is 28.7 Å². The molecule has 2 N–H and O–H groups in total. The van der Waals surface area contributed by atoms with Crippen LogP contribution in [-0.2, 0) is 9.53 Å². The molecule has 0 bridgehead atoms. The lowest BCUT2D eigenvalue weighted by atomic mass is 9.91. The molecule has 1 amide bonds. The second-order valence-electron chi connectivity index (χ2n) is 10.5. The molecule has 1 saturated carbocycles. The fourth-order valence-corrected chi connectivity index (χ4v) is 5.57. The Morgan fingerprint density at radius 3 is 2.41 bits per heavy atom. The van der Waals surface area contributed by atoms with Gasteiger partial charge in [0.2, 0.25) is 11.9 Å². The summed E-state index contributed by atoms with van der Waals surface area (Å²) in [5, 5.41) is 6.64. The molecule has 2 saturated heterocycles. The number of morpholine rings is 1. The highest BCUT2D eigenvalue weighted by Gasteiger charge is 2.27. The van der Waals surface area contributed by atoms with Crippen LogP contribution < -0.4 is 15.5 Å². The molecule has 6 rings (SSSR count). The van der Waals surface area contributed by atoms with Crippen LogP contribution in [0.5, 0.6) is 0 Å². The molecule has 1 aliphatic carbocycles. The largest absolute Gasteiger partial charge is 0.378 e. The predicted octanol–water partition coefficient (Wildman–Crippen LogP) is 3.13. The number of carbonyl (C=O) groups excluding carboxylic acids is 1. The Morgan fingerprint density at radius 2 is 1.69 bits per heavy atom. The highest BCUT2D eigenvalue weighted by molar-refractivity contribution is 5.79. The normalized spacial score (nSPS) is 22.2. The van der Waals surface area contributed by atoms with Gasteiger partial charge in [-0.25, -0.2) is 13.8 Å². The molecule has 3 fully saturated rings.